The number of nitrogens with zero attached hydrogens (tertiary/aromatic N) is 2. The van der Waals surface area contributed by atoms with Gasteiger partial charge >= 0.3 is 0 Å². The van der Waals surface area contributed by atoms with E-state index in [4.69, 9.17) is 9.72 Å². The number of rotatable bonds is 6. The zero-order chi connectivity index (χ0) is 16.3. The van der Waals surface area contributed by atoms with Crippen molar-refractivity contribution in [1.29, 1.82) is 0 Å². The van der Waals surface area contributed by atoms with Crippen molar-refractivity contribution in [3.8, 4) is 0 Å². The highest BCUT2D eigenvalue weighted by Gasteiger charge is 2.33. The monoisotopic (exact) mass is 333 g/mol. The summed E-state index contributed by atoms with van der Waals surface area (Å²) >= 11 is 2.08. The van der Waals surface area contributed by atoms with Crippen molar-refractivity contribution in [3.63, 3.8) is 0 Å². The maximum Gasteiger partial charge on any atom is 0.126 e. The van der Waals surface area contributed by atoms with Gasteiger partial charge in [0, 0.05) is 31.6 Å². The molecule has 2 aromatic rings. The summed E-state index contributed by atoms with van der Waals surface area (Å²) in [5, 5.41) is 3.74. The summed E-state index contributed by atoms with van der Waals surface area (Å²) in [7, 11) is 2.11. The zero-order valence-electron chi connectivity index (χ0n) is 14.3. The Hall–Kier alpha value is -1.04. The summed E-state index contributed by atoms with van der Waals surface area (Å²) in [5.41, 5.74) is 2.27. The minimum atomic E-state index is 0.240. The Morgan fingerprint density at radius 3 is 2.78 bits per heavy atom. The fourth-order valence-electron chi connectivity index (χ4n) is 3.40. The minimum Gasteiger partial charge on any atom is -0.381 e. The van der Waals surface area contributed by atoms with Gasteiger partial charge in [-0.2, -0.15) is 11.8 Å². The third-order valence-electron chi connectivity index (χ3n) is 4.79. The summed E-state index contributed by atoms with van der Waals surface area (Å²) < 4.78 is 8.08. The van der Waals surface area contributed by atoms with Crippen LogP contribution in [0.4, 0.5) is 0 Å². The van der Waals surface area contributed by atoms with Gasteiger partial charge in [0.2, 0.25) is 0 Å². The molecule has 4 nitrogen and oxygen atoms in total. The maximum atomic E-state index is 5.56. The molecule has 0 bridgehead atoms. The molecule has 3 rings (SSSR count). The van der Waals surface area contributed by atoms with Crippen LogP contribution in [-0.2, 0) is 11.8 Å². The molecule has 0 radical (unpaired) electrons. The summed E-state index contributed by atoms with van der Waals surface area (Å²) in [6.45, 7) is 7.24. The average Bonchev–Trinajstić information content (AvgIpc) is 2.91. The minimum absolute atomic E-state index is 0.240. The van der Waals surface area contributed by atoms with Crippen LogP contribution in [0.5, 0.6) is 0 Å². The van der Waals surface area contributed by atoms with Gasteiger partial charge in [-0.25, -0.2) is 4.98 Å². The van der Waals surface area contributed by atoms with Gasteiger partial charge in [-0.15, -0.1) is 0 Å². The van der Waals surface area contributed by atoms with Gasteiger partial charge in [-0.05, 0) is 37.7 Å². The Kier molecular flexibility index (Phi) is 5.29. The van der Waals surface area contributed by atoms with E-state index in [1.165, 1.54) is 5.52 Å². The summed E-state index contributed by atoms with van der Waals surface area (Å²) in [6, 6.07) is 8.57. The summed E-state index contributed by atoms with van der Waals surface area (Å²) in [4.78, 5) is 4.81. The highest BCUT2D eigenvalue weighted by atomic mass is 32.2. The second kappa shape index (κ2) is 7.24. The van der Waals surface area contributed by atoms with Gasteiger partial charge < -0.3 is 14.6 Å². The first-order chi connectivity index (χ1) is 11.2. The molecule has 0 amide bonds. The van der Waals surface area contributed by atoms with E-state index in [1.807, 2.05) is 6.07 Å². The van der Waals surface area contributed by atoms with Crippen molar-refractivity contribution in [2.24, 2.45) is 7.05 Å². The summed E-state index contributed by atoms with van der Waals surface area (Å²) in [6.07, 6.45) is 2.27. The number of hydrogen-bond donors (Lipinski definition) is 1. The molecule has 1 aliphatic rings. The molecule has 23 heavy (non-hydrogen) atoms. The van der Waals surface area contributed by atoms with Crippen molar-refractivity contribution in [3.05, 3.63) is 30.1 Å². The molecule has 5 heteroatoms. The topological polar surface area (TPSA) is 39.1 Å². The molecule has 0 saturated carbocycles. The van der Waals surface area contributed by atoms with Crippen LogP contribution in [-0.4, -0.2) is 39.8 Å². The second-order valence-corrected chi connectivity index (χ2v) is 8.08. The van der Waals surface area contributed by atoms with Crippen molar-refractivity contribution in [2.75, 3.05) is 25.5 Å². The zero-order valence-corrected chi connectivity index (χ0v) is 15.2. The van der Waals surface area contributed by atoms with Gasteiger partial charge in [0.15, 0.2) is 0 Å². The van der Waals surface area contributed by atoms with Crippen molar-refractivity contribution >= 4 is 22.8 Å². The normalized spacial score (nSPS) is 19.1. The van der Waals surface area contributed by atoms with Gasteiger partial charge in [-0.1, -0.05) is 19.1 Å². The molecule has 1 atom stereocenters. The number of benzene rings is 1. The number of imidazole rings is 1. The third-order valence-corrected chi connectivity index (χ3v) is 6.25. The Morgan fingerprint density at radius 1 is 1.35 bits per heavy atom. The van der Waals surface area contributed by atoms with Gasteiger partial charge in [-0.3, -0.25) is 0 Å². The second-order valence-electron chi connectivity index (χ2n) is 6.35. The highest BCUT2D eigenvalue weighted by molar-refractivity contribution is 8.00. The molecular formula is C18H27N3OS. The molecule has 1 fully saturated rings. The number of thioether (sulfide) groups is 1. The Morgan fingerprint density at radius 2 is 2.09 bits per heavy atom. The van der Waals surface area contributed by atoms with Gasteiger partial charge in [0.05, 0.1) is 17.1 Å². The first kappa shape index (κ1) is 16.8. The van der Waals surface area contributed by atoms with Gasteiger partial charge in [0.25, 0.3) is 0 Å². The molecule has 2 heterocycles. The highest BCUT2D eigenvalue weighted by Crippen LogP contribution is 2.35. The fraction of sp³-hybridized carbons (Fsp3) is 0.611. The van der Waals surface area contributed by atoms with Crippen molar-refractivity contribution < 1.29 is 4.74 Å². The summed E-state index contributed by atoms with van der Waals surface area (Å²) in [5.74, 6) is 2.26. The van der Waals surface area contributed by atoms with Crippen molar-refractivity contribution in [1.82, 2.24) is 14.9 Å². The first-order valence-corrected chi connectivity index (χ1v) is 9.50. The maximum absolute atomic E-state index is 5.56. The SMILES string of the molecule is CCSC1(CNC(C)c2nc3ccccc3n2C)CCOCC1. The number of para-hydroxylation sites is 2. The van der Waals surface area contributed by atoms with Crippen LogP contribution >= 0.6 is 11.8 Å². The Labute approximate surface area is 143 Å². The van der Waals surface area contributed by atoms with E-state index < -0.39 is 0 Å². The number of ether oxygens (including phenoxy) is 1. The predicted molar refractivity (Wildman–Crippen MR) is 98.0 cm³/mol. The average molecular weight is 334 g/mol. The van der Waals surface area contributed by atoms with E-state index >= 15 is 0 Å². The fourth-order valence-corrected chi connectivity index (χ4v) is 4.66. The number of hydrogen-bond acceptors (Lipinski definition) is 4. The largest absolute Gasteiger partial charge is 0.381 e. The van der Waals surface area contributed by atoms with Crippen LogP contribution in [0, 0.1) is 0 Å². The van der Waals surface area contributed by atoms with E-state index in [0.717, 1.165) is 49.7 Å². The predicted octanol–water partition coefficient (Wildman–Crippen LogP) is 3.53. The molecule has 1 saturated heterocycles. The van der Waals surface area contributed by atoms with Crippen LogP contribution < -0.4 is 5.32 Å². The first-order valence-electron chi connectivity index (χ1n) is 8.52. The number of fused-ring (bicyclic) bond motifs is 1. The standard InChI is InChI=1S/C18H27N3OS/c1-4-23-18(9-11-22-12-10-18)13-19-14(2)17-20-15-7-5-6-8-16(15)21(17)3/h5-8,14,19H,4,9-13H2,1-3H3. The Balaban J connectivity index is 1.72. The quantitative estimate of drug-likeness (QED) is 0.878. The number of aromatic nitrogens is 2. The Bertz CT molecular complexity index is 643. The molecule has 0 aliphatic carbocycles. The van der Waals surface area contributed by atoms with E-state index in [0.29, 0.717) is 4.75 Å². The van der Waals surface area contributed by atoms with E-state index in [9.17, 15) is 0 Å². The number of nitrogens with one attached hydrogen (secondary N) is 1. The van der Waals surface area contributed by atoms with E-state index in [2.05, 4.69) is 60.7 Å². The molecule has 0 spiro atoms. The van der Waals surface area contributed by atoms with E-state index in [-0.39, 0.29) is 6.04 Å². The molecule has 1 unspecified atom stereocenters. The molecular weight excluding hydrogens is 306 g/mol. The molecule has 1 aromatic carbocycles. The third kappa shape index (κ3) is 3.57. The van der Waals surface area contributed by atoms with Crippen LogP contribution in [0.15, 0.2) is 24.3 Å². The smallest absolute Gasteiger partial charge is 0.126 e. The van der Waals surface area contributed by atoms with Gasteiger partial charge in [0.1, 0.15) is 5.82 Å². The molecule has 1 aliphatic heterocycles. The molecule has 126 valence electrons. The van der Waals surface area contributed by atoms with Crippen LogP contribution in [0.2, 0.25) is 0 Å². The van der Waals surface area contributed by atoms with E-state index in [1.54, 1.807) is 0 Å². The number of aryl methyl sites for hydroxylation is 1. The molecule has 1 aromatic heterocycles. The van der Waals surface area contributed by atoms with Crippen LogP contribution in [0.1, 0.15) is 38.6 Å². The lowest BCUT2D eigenvalue weighted by molar-refractivity contribution is 0.0765. The lowest BCUT2D eigenvalue weighted by Gasteiger charge is -2.37. The molecule has 1 N–H and O–H groups in total. The lowest BCUT2D eigenvalue weighted by atomic mass is 9.98. The van der Waals surface area contributed by atoms with Crippen LogP contribution in [0.25, 0.3) is 11.0 Å². The lowest BCUT2D eigenvalue weighted by Crippen LogP contribution is -2.43. The van der Waals surface area contributed by atoms with Crippen molar-refractivity contribution in [2.45, 2.75) is 37.5 Å². The van der Waals surface area contributed by atoms with Crippen LogP contribution in [0.3, 0.4) is 0 Å².